The standard InChI is InChI=1S/C18H17ClFN3O2/c19-15-10-13(5-8-16(15)20)22-17(24)11-21-12-3-6-14(7-4-12)23-9-1-2-18(23)25/h3-8,10,21H,1-2,9,11H2,(H,22,24). The molecule has 1 heterocycles. The summed E-state index contributed by atoms with van der Waals surface area (Å²) >= 11 is 5.68. The maximum absolute atomic E-state index is 13.1. The molecule has 0 bridgehead atoms. The zero-order valence-electron chi connectivity index (χ0n) is 13.4. The molecule has 2 aromatic carbocycles. The van der Waals surface area contributed by atoms with E-state index in [0.29, 0.717) is 12.1 Å². The number of nitrogens with zero attached hydrogens (tertiary/aromatic N) is 1. The summed E-state index contributed by atoms with van der Waals surface area (Å²) < 4.78 is 13.1. The van der Waals surface area contributed by atoms with E-state index in [2.05, 4.69) is 10.6 Å². The zero-order chi connectivity index (χ0) is 17.8. The van der Waals surface area contributed by atoms with Crippen LogP contribution in [0.1, 0.15) is 12.8 Å². The Kier molecular flexibility index (Phi) is 5.19. The molecule has 1 saturated heterocycles. The monoisotopic (exact) mass is 361 g/mol. The van der Waals surface area contributed by atoms with E-state index < -0.39 is 5.82 Å². The van der Waals surface area contributed by atoms with Gasteiger partial charge in [0.1, 0.15) is 5.82 Å². The lowest BCUT2D eigenvalue weighted by molar-refractivity contribution is -0.117. The average molecular weight is 362 g/mol. The van der Waals surface area contributed by atoms with Gasteiger partial charge >= 0.3 is 0 Å². The van der Waals surface area contributed by atoms with Crippen molar-refractivity contribution in [1.29, 1.82) is 0 Å². The quantitative estimate of drug-likeness (QED) is 0.854. The van der Waals surface area contributed by atoms with Crippen molar-refractivity contribution in [3.8, 4) is 0 Å². The predicted molar refractivity (Wildman–Crippen MR) is 96.6 cm³/mol. The summed E-state index contributed by atoms with van der Waals surface area (Å²) in [5.41, 5.74) is 2.06. The fourth-order valence-electron chi connectivity index (χ4n) is 2.64. The second kappa shape index (κ2) is 7.53. The van der Waals surface area contributed by atoms with Crippen molar-refractivity contribution in [2.24, 2.45) is 0 Å². The molecule has 0 atom stereocenters. The topological polar surface area (TPSA) is 61.4 Å². The van der Waals surface area contributed by atoms with Crippen LogP contribution in [0.5, 0.6) is 0 Å². The second-order valence-electron chi connectivity index (χ2n) is 5.73. The molecule has 0 aromatic heterocycles. The Morgan fingerprint density at radius 1 is 1.16 bits per heavy atom. The Bertz CT molecular complexity index is 795. The number of benzene rings is 2. The molecule has 5 nitrogen and oxygen atoms in total. The molecule has 1 fully saturated rings. The highest BCUT2D eigenvalue weighted by Crippen LogP contribution is 2.23. The highest BCUT2D eigenvalue weighted by molar-refractivity contribution is 6.31. The lowest BCUT2D eigenvalue weighted by atomic mass is 10.2. The van der Waals surface area contributed by atoms with Crippen LogP contribution < -0.4 is 15.5 Å². The molecule has 2 N–H and O–H groups in total. The molecule has 130 valence electrons. The van der Waals surface area contributed by atoms with Crippen LogP contribution in [0, 0.1) is 5.82 Å². The van der Waals surface area contributed by atoms with E-state index >= 15 is 0 Å². The van der Waals surface area contributed by atoms with Gasteiger partial charge in [0.25, 0.3) is 0 Å². The summed E-state index contributed by atoms with van der Waals surface area (Å²) in [6.45, 7) is 0.797. The number of amides is 2. The Labute approximate surface area is 149 Å². The molecule has 2 aromatic rings. The summed E-state index contributed by atoms with van der Waals surface area (Å²) in [5.74, 6) is -0.672. The lowest BCUT2D eigenvalue weighted by Crippen LogP contribution is -2.24. The van der Waals surface area contributed by atoms with Gasteiger partial charge in [-0.05, 0) is 48.9 Å². The van der Waals surface area contributed by atoms with Crippen LogP contribution in [-0.4, -0.2) is 24.9 Å². The van der Waals surface area contributed by atoms with Crippen molar-refractivity contribution in [3.05, 3.63) is 53.3 Å². The Hall–Kier alpha value is -2.60. The number of anilines is 3. The van der Waals surface area contributed by atoms with Gasteiger partial charge in [-0.15, -0.1) is 0 Å². The smallest absolute Gasteiger partial charge is 0.243 e. The number of carbonyl (C=O) groups excluding carboxylic acids is 2. The third-order valence-corrected chi connectivity index (χ3v) is 4.20. The van der Waals surface area contributed by atoms with Crippen molar-refractivity contribution in [1.82, 2.24) is 0 Å². The molecule has 1 aliphatic heterocycles. The van der Waals surface area contributed by atoms with Gasteiger partial charge in [-0.25, -0.2) is 4.39 Å². The van der Waals surface area contributed by atoms with E-state index in [-0.39, 0.29) is 23.4 Å². The van der Waals surface area contributed by atoms with E-state index in [1.807, 2.05) is 24.3 Å². The molecule has 0 radical (unpaired) electrons. The second-order valence-corrected chi connectivity index (χ2v) is 6.13. The lowest BCUT2D eigenvalue weighted by Gasteiger charge is -2.16. The predicted octanol–water partition coefficient (Wildman–Crippen LogP) is 3.66. The van der Waals surface area contributed by atoms with Crippen LogP contribution in [0.25, 0.3) is 0 Å². The summed E-state index contributed by atoms with van der Waals surface area (Å²) in [4.78, 5) is 25.4. The van der Waals surface area contributed by atoms with E-state index in [0.717, 1.165) is 24.3 Å². The van der Waals surface area contributed by atoms with Crippen LogP contribution >= 0.6 is 11.6 Å². The van der Waals surface area contributed by atoms with Gasteiger partial charge in [-0.3, -0.25) is 9.59 Å². The largest absolute Gasteiger partial charge is 0.376 e. The number of halogens is 2. The van der Waals surface area contributed by atoms with E-state index in [1.165, 1.54) is 18.2 Å². The molecule has 7 heteroatoms. The molecule has 1 aliphatic rings. The first-order valence-electron chi connectivity index (χ1n) is 7.92. The minimum Gasteiger partial charge on any atom is -0.376 e. The van der Waals surface area contributed by atoms with Crippen LogP contribution in [-0.2, 0) is 9.59 Å². The van der Waals surface area contributed by atoms with Crippen molar-refractivity contribution >= 4 is 40.5 Å². The Balaban J connectivity index is 1.53. The van der Waals surface area contributed by atoms with Gasteiger partial charge in [0, 0.05) is 30.0 Å². The van der Waals surface area contributed by atoms with Gasteiger partial charge in [0.15, 0.2) is 0 Å². The first-order valence-corrected chi connectivity index (χ1v) is 8.30. The van der Waals surface area contributed by atoms with E-state index in [9.17, 15) is 14.0 Å². The van der Waals surface area contributed by atoms with Crippen LogP contribution in [0.15, 0.2) is 42.5 Å². The number of hydrogen-bond donors (Lipinski definition) is 2. The SMILES string of the molecule is O=C(CNc1ccc(N2CCCC2=O)cc1)Nc1ccc(F)c(Cl)c1. The summed E-state index contributed by atoms with van der Waals surface area (Å²) in [5, 5.41) is 5.59. The first-order chi connectivity index (χ1) is 12.0. The van der Waals surface area contributed by atoms with Crippen molar-refractivity contribution in [3.63, 3.8) is 0 Å². The van der Waals surface area contributed by atoms with Gasteiger partial charge in [0.2, 0.25) is 11.8 Å². The molecular weight excluding hydrogens is 345 g/mol. The van der Waals surface area contributed by atoms with Crippen molar-refractivity contribution in [2.75, 3.05) is 28.6 Å². The van der Waals surface area contributed by atoms with Crippen LogP contribution in [0.2, 0.25) is 5.02 Å². The minimum absolute atomic E-state index is 0.0437. The van der Waals surface area contributed by atoms with Crippen molar-refractivity contribution in [2.45, 2.75) is 12.8 Å². The van der Waals surface area contributed by atoms with Crippen LogP contribution in [0.3, 0.4) is 0 Å². The third kappa shape index (κ3) is 4.28. The Morgan fingerprint density at radius 3 is 2.52 bits per heavy atom. The zero-order valence-corrected chi connectivity index (χ0v) is 14.1. The minimum atomic E-state index is -0.533. The summed E-state index contributed by atoms with van der Waals surface area (Å²) in [7, 11) is 0. The molecule has 0 saturated carbocycles. The normalized spacial score (nSPS) is 13.8. The fraction of sp³-hybridized carbons (Fsp3) is 0.222. The van der Waals surface area contributed by atoms with Crippen molar-refractivity contribution < 1.29 is 14.0 Å². The van der Waals surface area contributed by atoms with Gasteiger partial charge in [-0.2, -0.15) is 0 Å². The average Bonchev–Trinajstić information content (AvgIpc) is 3.03. The third-order valence-electron chi connectivity index (χ3n) is 3.91. The Morgan fingerprint density at radius 2 is 1.88 bits per heavy atom. The summed E-state index contributed by atoms with van der Waals surface area (Å²) in [6.07, 6.45) is 1.47. The molecule has 0 unspecified atom stereocenters. The molecular formula is C18H17ClFN3O2. The fourth-order valence-corrected chi connectivity index (χ4v) is 2.82. The number of carbonyl (C=O) groups is 2. The highest BCUT2D eigenvalue weighted by atomic mass is 35.5. The molecule has 2 amide bonds. The number of rotatable bonds is 5. The molecule has 0 spiro atoms. The molecule has 0 aliphatic carbocycles. The maximum atomic E-state index is 13.1. The first kappa shape index (κ1) is 17.2. The molecule has 25 heavy (non-hydrogen) atoms. The van der Waals surface area contributed by atoms with Crippen LogP contribution in [0.4, 0.5) is 21.5 Å². The van der Waals surface area contributed by atoms with E-state index in [4.69, 9.17) is 11.6 Å². The summed E-state index contributed by atoms with van der Waals surface area (Å²) in [6, 6.07) is 11.3. The maximum Gasteiger partial charge on any atom is 0.243 e. The highest BCUT2D eigenvalue weighted by Gasteiger charge is 2.21. The molecule has 3 rings (SSSR count). The van der Waals surface area contributed by atoms with Gasteiger partial charge in [-0.1, -0.05) is 11.6 Å². The number of hydrogen-bond acceptors (Lipinski definition) is 3. The van der Waals surface area contributed by atoms with E-state index in [1.54, 1.807) is 4.90 Å². The van der Waals surface area contributed by atoms with Gasteiger partial charge < -0.3 is 15.5 Å². The number of nitrogens with one attached hydrogen (secondary N) is 2. The van der Waals surface area contributed by atoms with Gasteiger partial charge in [0.05, 0.1) is 11.6 Å².